The molecule has 4 rings (SSSR count). The van der Waals surface area contributed by atoms with E-state index < -0.39 is 11.9 Å². The standard InChI is InChI=1S/C25H25NO4/c1-3-30-25(29)22-15(2)26-20-13-18(16-8-5-4-6-9-16)14-21(28)24(20)23(22)17-10-7-11-19(27)12-17/h4-12,18,23,26-27H,3,13-14H2,1-2H3/t18-,23+/m1/s1. The van der Waals surface area contributed by atoms with E-state index in [0.29, 0.717) is 35.2 Å². The summed E-state index contributed by atoms with van der Waals surface area (Å²) in [6.45, 7) is 3.84. The summed E-state index contributed by atoms with van der Waals surface area (Å²) in [5.74, 6) is -0.802. The first-order valence-electron chi connectivity index (χ1n) is 10.2. The molecule has 2 N–H and O–H groups in total. The van der Waals surface area contributed by atoms with E-state index in [2.05, 4.69) is 5.32 Å². The average molecular weight is 403 g/mol. The maximum absolute atomic E-state index is 13.4. The molecular weight excluding hydrogens is 378 g/mol. The van der Waals surface area contributed by atoms with Crippen molar-refractivity contribution in [1.29, 1.82) is 0 Å². The molecular formula is C25H25NO4. The van der Waals surface area contributed by atoms with Crippen LogP contribution in [0.25, 0.3) is 0 Å². The number of benzene rings is 2. The molecule has 5 nitrogen and oxygen atoms in total. The molecule has 0 bridgehead atoms. The lowest BCUT2D eigenvalue weighted by Crippen LogP contribution is -2.36. The molecule has 1 aliphatic heterocycles. The summed E-state index contributed by atoms with van der Waals surface area (Å²) in [5.41, 5.74) is 4.39. The van der Waals surface area contributed by atoms with Gasteiger partial charge in [-0.2, -0.15) is 0 Å². The summed E-state index contributed by atoms with van der Waals surface area (Å²) >= 11 is 0. The Kier molecular flexibility index (Phi) is 5.44. The lowest BCUT2D eigenvalue weighted by atomic mass is 9.71. The van der Waals surface area contributed by atoms with Crippen molar-refractivity contribution in [2.75, 3.05) is 6.61 Å². The van der Waals surface area contributed by atoms with Crippen molar-refractivity contribution >= 4 is 11.8 Å². The second-order valence-electron chi connectivity index (χ2n) is 7.74. The molecule has 30 heavy (non-hydrogen) atoms. The number of Topliss-reactive ketones (excluding diaryl/α,β-unsaturated/α-hetero) is 1. The third kappa shape index (κ3) is 3.63. The predicted octanol–water partition coefficient (Wildman–Crippen LogP) is 4.32. The topological polar surface area (TPSA) is 75.6 Å². The number of ketones is 1. The van der Waals surface area contributed by atoms with Crippen LogP contribution < -0.4 is 5.32 Å². The van der Waals surface area contributed by atoms with Crippen molar-refractivity contribution in [1.82, 2.24) is 5.32 Å². The predicted molar refractivity (Wildman–Crippen MR) is 114 cm³/mol. The molecule has 2 atom stereocenters. The van der Waals surface area contributed by atoms with Crippen LogP contribution in [0.1, 0.15) is 49.7 Å². The van der Waals surface area contributed by atoms with Crippen molar-refractivity contribution in [3.63, 3.8) is 0 Å². The molecule has 5 heteroatoms. The first-order valence-corrected chi connectivity index (χ1v) is 10.2. The van der Waals surface area contributed by atoms with Gasteiger partial charge in [-0.25, -0.2) is 4.79 Å². The third-order valence-corrected chi connectivity index (χ3v) is 5.80. The molecule has 1 aliphatic carbocycles. The monoisotopic (exact) mass is 403 g/mol. The smallest absolute Gasteiger partial charge is 0.336 e. The van der Waals surface area contributed by atoms with Gasteiger partial charge in [0.15, 0.2) is 5.78 Å². The Hall–Kier alpha value is -3.34. The van der Waals surface area contributed by atoms with Crippen LogP contribution in [0, 0.1) is 0 Å². The number of phenolic OH excluding ortho intramolecular Hbond substituents is 1. The highest BCUT2D eigenvalue weighted by molar-refractivity contribution is 6.04. The molecule has 0 radical (unpaired) electrons. The maximum Gasteiger partial charge on any atom is 0.336 e. The van der Waals surface area contributed by atoms with Crippen molar-refractivity contribution in [3.05, 3.63) is 88.3 Å². The number of hydrogen-bond donors (Lipinski definition) is 2. The Morgan fingerprint density at radius 1 is 1.10 bits per heavy atom. The molecule has 154 valence electrons. The fourth-order valence-corrected chi connectivity index (χ4v) is 4.52. The van der Waals surface area contributed by atoms with Gasteiger partial charge in [0.1, 0.15) is 5.75 Å². The second-order valence-corrected chi connectivity index (χ2v) is 7.74. The lowest BCUT2D eigenvalue weighted by molar-refractivity contribution is -0.138. The number of aromatic hydroxyl groups is 1. The van der Waals surface area contributed by atoms with Crippen LogP contribution in [0.5, 0.6) is 5.75 Å². The largest absolute Gasteiger partial charge is 0.508 e. The van der Waals surface area contributed by atoms with Crippen LogP contribution >= 0.6 is 0 Å². The van der Waals surface area contributed by atoms with Gasteiger partial charge in [-0.1, -0.05) is 42.5 Å². The minimum Gasteiger partial charge on any atom is -0.508 e. The normalized spacial score (nSPS) is 21.2. The number of dihydropyridines is 1. The van der Waals surface area contributed by atoms with Crippen LogP contribution in [0.15, 0.2) is 77.1 Å². The Bertz CT molecular complexity index is 1050. The van der Waals surface area contributed by atoms with E-state index in [9.17, 15) is 14.7 Å². The first kappa shape index (κ1) is 20.0. The summed E-state index contributed by atoms with van der Waals surface area (Å²) in [6, 6.07) is 16.8. The zero-order valence-corrected chi connectivity index (χ0v) is 17.1. The van der Waals surface area contributed by atoms with E-state index >= 15 is 0 Å². The van der Waals surface area contributed by atoms with Crippen molar-refractivity contribution in [2.24, 2.45) is 0 Å². The van der Waals surface area contributed by atoms with Gasteiger partial charge >= 0.3 is 5.97 Å². The highest BCUT2D eigenvalue weighted by Crippen LogP contribution is 2.46. The number of phenols is 1. The number of carbonyl (C=O) groups is 2. The molecule has 2 aliphatic rings. The summed E-state index contributed by atoms with van der Waals surface area (Å²) in [6.07, 6.45) is 1.07. The SMILES string of the molecule is CCOC(=O)C1=C(C)NC2=C(C(=O)C[C@H](c3ccccc3)C2)[C@H]1c1cccc(O)c1. The van der Waals surface area contributed by atoms with Crippen LogP contribution in [0.4, 0.5) is 0 Å². The van der Waals surface area contributed by atoms with Gasteiger partial charge in [-0.15, -0.1) is 0 Å². The number of nitrogens with one attached hydrogen (secondary N) is 1. The highest BCUT2D eigenvalue weighted by atomic mass is 16.5. The van der Waals surface area contributed by atoms with Crippen LogP contribution in [0.3, 0.4) is 0 Å². The number of hydrogen-bond acceptors (Lipinski definition) is 5. The quantitative estimate of drug-likeness (QED) is 0.744. The van der Waals surface area contributed by atoms with Crippen molar-refractivity contribution in [3.8, 4) is 5.75 Å². The summed E-state index contributed by atoms with van der Waals surface area (Å²) in [4.78, 5) is 26.2. The number of allylic oxidation sites excluding steroid dienone is 3. The molecule has 0 unspecified atom stereocenters. The molecule has 0 saturated carbocycles. The average Bonchev–Trinajstić information content (AvgIpc) is 2.73. The number of rotatable bonds is 4. The van der Waals surface area contributed by atoms with E-state index in [1.54, 1.807) is 25.1 Å². The molecule has 0 fully saturated rings. The van der Waals surface area contributed by atoms with E-state index in [1.807, 2.05) is 43.3 Å². The minimum atomic E-state index is -0.559. The zero-order chi connectivity index (χ0) is 21.3. The highest BCUT2D eigenvalue weighted by Gasteiger charge is 2.41. The minimum absolute atomic E-state index is 0.0141. The van der Waals surface area contributed by atoms with Gasteiger partial charge in [0.2, 0.25) is 0 Å². The molecule has 0 amide bonds. The Morgan fingerprint density at radius 2 is 1.83 bits per heavy atom. The summed E-state index contributed by atoms with van der Waals surface area (Å²) in [5, 5.41) is 13.4. The van der Waals surface area contributed by atoms with Crippen molar-refractivity contribution in [2.45, 2.75) is 38.5 Å². The van der Waals surface area contributed by atoms with Gasteiger partial charge in [0, 0.05) is 29.3 Å². The molecule has 1 heterocycles. The number of esters is 1. The van der Waals surface area contributed by atoms with E-state index in [-0.39, 0.29) is 24.1 Å². The second kappa shape index (κ2) is 8.19. The van der Waals surface area contributed by atoms with Gasteiger partial charge in [0.25, 0.3) is 0 Å². The lowest BCUT2D eigenvalue weighted by Gasteiger charge is -2.36. The van der Waals surface area contributed by atoms with Crippen LogP contribution in [0.2, 0.25) is 0 Å². The van der Waals surface area contributed by atoms with E-state index in [4.69, 9.17) is 4.74 Å². The van der Waals surface area contributed by atoms with Gasteiger partial charge < -0.3 is 15.2 Å². The van der Waals surface area contributed by atoms with Gasteiger partial charge in [-0.05, 0) is 49.4 Å². The third-order valence-electron chi connectivity index (χ3n) is 5.80. The Morgan fingerprint density at radius 3 is 2.53 bits per heavy atom. The summed E-state index contributed by atoms with van der Waals surface area (Å²) in [7, 11) is 0. The summed E-state index contributed by atoms with van der Waals surface area (Å²) < 4.78 is 5.31. The van der Waals surface area contributed by atoms with Crippen molar-refractivity contribution < 1.29 is 19.4 Å². The molecule has 0 aromatic heterocycles. The maximum atomic E-state index is 13.4. The van der Waals surface area contributed by atoms with E-state index in [1.165, 1.54) is 0 Å². The number of ether oxygens (including phenoxy) is 1. The van der Waals surface area contributed by atoms with Gasteiger partial charge in [0.05, 0.1) is 12.2 Å². The number of carbonyl (C=O) groups excluding carboxylic acids is 2. The first-order chi connectivity index (χ1) is 14.5. The molecule has 2 aromatic rings. The molecule has 0 spiro atoms. The Labute approximate surface area is 176 Å². The van der Waals surface area contributed by atoms with Crippen LogP contribution in [-0.4, -0.2) is 23.5 Å². The Balaban J connectivity index is 1.81. The van der Waals surface area contributed by atoms with Gasteiger partial charge in [-0.3, -0.25) is 4.79 Å². The van der Waals surface area contributed by atoms with Crippen LogP contribution in [-0.2, 0) is 14.3 Å². The molecule has 2 aromatic carbocycles. The van der Waals surface area contributed by atoms with E-state index in [0.717, 1.165) is 11.3 Å². The fraction of sp³-hybridized carbons (Fsp3) is 0.280. The molecule has 0 saturated heterocycles. The zero-order valence-electron chi connectivity index (χ0n) is 17.1. The fourth-order valence-electron chi connectivity index (χ4n) is 4.52.